The van der Waals surface area contributed by atoms with E-state index in [1.165, 1.54) is 30.4 Å². The maximum Gasteiger partial charge on any atom is 0.419 e. The van der Waals surface area contributed by atoms with Crippen LogP contribution in [0, 0.1) is 22.7 Å². The van der Waals surface area contributed by atoms with Gasteiger partial charge in [-0.15, -0.1) is 0 Å². The van der Waals surface area contributed by atoms with Crippen molar-refractivity contribution in [3.63, 3.8) is 0 Å². The van der Waals surface area contributed by atoms with Gasteiger partial charge in [0.2, 0.25) is 11.8 Å². The summed E-state index contributed by atoms with van der Waals surface area (Å²) < 4.78 is 40.1. The first-order chi connectivity index (χ1) is 29.0. The van der Waals surface area contributed by atoms with Crippen molar-refractivity contribution in [2.75, 3.05) is 70.2 Å². The first kappa shape index (κ1) is 45.0. The van der Waals surface area contributed by atoms with Gasteiger partial charge in [0, 0.05) is 87.2 Å². The Balaban J connectivity index is 0.000000175. The Morgan fingerprint density at radius 1 is 0.951 bits per heavy atom. The summed E-state index contributed by atoms with van der Waals surface area (Å²) in [6.45, 7) is 9.68. The van der Waals surface area contributed by atoms with Crippen LogP contribution in [0.15, 0.2) is 48.7 Å². The molecule has 1 spiro atoms. The zero-order chi connectivity index (χ0) is 44.1. The Bertz CT molecular complexity index is 2110. The number of carbonyl (C=O) groups excluding carboxylic acids is 5. The molecule has 6 heterocycles. The van der Waals surface area contributed by atoms with E-state index in [-0.39, 0.29) is 29.3 Å². The van der Waals surface area contributed by atoms with Crippen molar-refractivity contribution < 1.29 is 37.1 Å². The van der Waals surface area contributed by atoms with Gasteiger partial charge >= 0.3 is 6.18 Å². The topological polar surface area (TPSA) is 150 Å². The number of aromatic nitrogens is 1. The number of benzene rings is 2. The minimum Gasteiger partial charge on any atom is -0.371 e. The van der Waals surface area contributed by atoms with Crippen LogP contribution in [-0.2, 0) is 28.9 Å². The summed E-state index contributed by atoms with van der Waals surface area (Å²) >= 11 is 0. The fraction of sp³-hybridized carbons (Fsp3) is 0.489. The van der Waals surface area contributed by atoms with E-state index in [0.717, 1.165) is 88.5 Å². The fourth-order valence-electron chi connectivity index (χ4n) is 9.32. The largest absolute Gasteiger partial charge is 0.419 e. The highest BCUT2D eigenvalue weighted by molar-refractivity contribution is 6.00. The highest BCUT2D eigenvalue weighted by atomic mass is 19.4. The van der Waals surface area contributed by atoms with Gasteiger partial charge in [0.1, 0.15) is 12.4 Å². The van der Waals surface area contributed by atoms with E-state index in [1.54, 1.807) is 6.07 Å². The number of likely N-dealkylation sites (N-methyl/N-ethyl adjacent to an activating group) is 1. The Morgan fingerprint density at radius 3 is 2.08 bits per heavy atom. The summed E-state index contributed by atoms with van der Waals surface area (Å²) in [5.41, 5.74) is 4.04. The molecule has 2 aromatic carbocycles. The van der Waals surface area contributed by atoms with Crippen LogP contribution in [0.3, 0.4) is 0 Å². The number of piperidine rings is 2. The minimum absolute atomic E-state index is 0.0466. The van der Waals surface area contributed by atoms with Gasteiger partial charge in [-0.05, 0) is 119 Å². The maximum atomic E-state index is 13.4. The molecule has 5 aliphatic heterocycles. The molecule has 324 valence electrons. The van der Waals surface area contributed by atoms with Gasteiger partial charge in [-0.3, -0.25) is 39.1 Å². The molecule has 2 atom stereocenters. The van der Waals surface area contributed by atoms with Gasteiger partial charge in [0.05, 0.1) is 23.5 Å². The van der Waals surface area contributed by atoms with Gasteiger partial charge < -0.3 is 14.7 Å². The lowest BCUT2D eigenvalue weighted by Gasteiger charge is -2.40. The summed E-state index contributed by atoms with van der Waals surface area (Å²) in [5, 5.41) is 11.3. The number of fused-ring (bicyclic) bond motifs is 1. The number of aldehydes is 3. The number of rotatable bonds is 8. The summed E-state index contributed by atoms with van der Waals surface area (Å²) in [7, 11) is 5.81. The second-order valence-electron chi connectivity index (χ2n) is 17.2. The highest BCUT2D eigenvalue weighted by Gasteiger charge is 2.45. The lowest BCUT2D eigenvalue weighted by molar-refractivity contribution is -0.138. The van der Waals surface area contributed by atoms with E-state index in [0.29, 0.717) is 41.8 Å². The fourth-order valence-corrected chi connectivity index (χ4v) is 9.32. The lowest BCUT2D eigenvalue weighted by Crippen LogP contribution is -2.50. The monoisotopic (exact) mass is 842 g/mol. The summed E-state index contributed by atoms with van der Waals surface area (Å²) in [4.78, 5) is 69.2. The first-order valence-corrected chi connectivity index (χ1v) is 20.6. The minimum atomic E-state index is -4.61. The number of alkyl halides is 3. The zero-order valence-corrected chi connectivity index (χ0v) is 35.1. The van der Waals surface area contributed by atoms with Crippen molar-refractivity contribution in [1.82, 2.24) is 25.0 Å². The molecule has 0 saturated carbocycles. The molecule has 61 heavy (non-hydrogen) atoms. The number of likely N-dealkylation sites (tertiary alicyclic amines) is 1. The molecule has 1 N–H and O–H groups in total. The smallest absolute Gasteiger partial charge is 0.371 e. The third-order valence-electron chi connectivity index (χ3n) is 12.5. The van der Waals surface area contributed by atoms with Crippen molar-refractivity contribution in [3.8, 4) is 6.07 Å². The van der Waals surface area contributed by atoms with Crippen LogP contribution in [0.25, 0.3) is 0 Å². The Kier molecular flexibility index (Phi) is 14.1. The third-order valence-corrected chi connectivity index (χ3v) is 12.5. The number of pyridine rings is 1. The van der Waals surface area contributed by atoms with Crippen LogP contribution in [0.1, 0.15) is 92.5 Å². The van der Waals surface area contributed by atoms with Crippen molar-refractivity contribution in [2.24, 2.45) is 11.3 Å². The van der Waals surface area contributed by atoms with Crippen molar-refractivity contribution in [2.45, 2.75) is 70.4 Å². The van der Waals surface area contributed by atoms with Crippen LogP contribution in [0.2, 0.25) is 0 Å². The van der Waals surface area contributed by atoms with Gasteiger partial charge in [-0.1, -0.05) is 0 Å². The van der Waals surface area contributed by atoms with Crippen LogP contribution < -0.4 is 15.1 Å². The summed E-state index contributed by atoms with van der Waals surface area (Å²) in [6, 6.07) is 13.8. The summed E-state index contributed by atoms with van der Waals surface area (Å²) in [6.07, 6.45) is 3.02. The molecular weight excluding hydrogens is 790 g/mol. The number of nitrogens with one attached hydrogen (secondary N) is 1. The second-order valence-corrected chi connectivity index (χ2v) is 17.2. The number of halogens is 3. The zero-order valence-electron chi connectivity index (χ0n) is 35.1. The summed E-state index contributed by atoms with van der Waals surface area (Å²) in [5.74, 6) is 0.426. The van der Waals surface area contributed by atoms with Crippen molar-refractivity contribution in [1.29, 1.82) is 5.26 Å². The molecule has 0 bridgehead atoms. The number of hydrogen-bond donors (Lipinski definition) is 1. The highest BCUT2D eigenvalue weighted by Crippen LogP contribution is 2.46. The first-order valence-electron chi connectivity index (χ1n) is 20.6. The van der Waals surface area contributed by atoms with E-state index in [4.69, 9.17) is 5.26 Å². The van der Waals surface area contributed by atoms with Crippen LogP contribution >= 0.6 is 0 Å². The number of carbonyl (C=O) groups is 5. The SMILES string of the molecule is CN(C)C1CCC(=O)NC1=O.CN1CC(CN2Cc3cc(C=O)c(C=O)cc3C2)C1.C[C@H]1CC2(CCN(c3ccc(C=O)cc3)CC2)CN1c1cnc(C#N)c(C(F)(F)F)c1. The number of imide groups is 1. The number of hydrogen-bond acceptors (Lipinski definition) is 12. The van der Waals surface area contributed by atoms with Crippen LogP contribution in [0.4, 0.5) is 24.5 Å². The van der Waals surface area contributed by atoms with E-state index in [1.807, 2.05) is 67.2 Å². The molecule has 16 heteroatoms. The third kappa shape index (κ3) is 10.7. The standard InChI is InChI=1S/C23H23F3N4O.C15H18N2O2.C7H12N2O2/c1-16-11-22(6-8-29(9-7-22)18-4-2-17(14-31)3-5-18)15-30(16)19-10-20(23(24,25)26)21(12-27)28-13-19;1-16-4-11(5-16)6-17-7-12-2-14(9-18)15(10-19)3-13(12)8-17;1-9(2)5-3-4-6(10)8-7(5)11/h2-5,10,13-14,16H,6-9,11,15H2,1H3;2-3,9-11H,4-8H2,1H3;5H,3-4H2,1-2H3,(H,8,10,11)/t16-;;/m0../s1. The van der Waals surface area contributed by atoms with Gasteiger partial charge in [0.25, 0.3) is 0 Å². The van der Waals surface area contributed by atoms with Crippen molar-refractivity contribution >= 4 is 42.0 Å². The molecular formula is C45H53F3N8O5. The van der Waals surface area contributed by atoms with Gasteiger partial charge in [-0.25, -0.2) is 4.98 Å². The molecule has 0 radical (unpaired) electrons. The molecule has 1 aromatic heterocycles. The average Bonchev–Trinajstić information content (AvgIpc) is 3.78. The van der Waals surface area contributed by atoms with Gasteiger partial charge in [-0.2, -0.15) is 18.4 Å². The van der Waals surface area contributed by atoms with E-state index >= 15 is 0 Å². The molecule has 4 fully saturated rings. The molecule has 4 saturated heterocycles. The molecule has 8 rings (SSSR count). The van der Waals surface area contributed by atoms with Gasteiger partial charge in [0.15, 0.2) is 18.3 Å². The maximum absolute atomic E-state index is 13.4. The van der Waals surface area contributed by atoms with E-state index in [9.17, 15) is 37.1 Å². The predicted molar refractivity (Wildman–Crippen MR) is 223 cm³/mol. The quantitative estimate of drug-likeness (QED) is 0.234. The Labute approximate surface area is 354 Å². The Hall–Kier alpha value is -5.50. The molecule has 2 amide bonds. The Morgan fingerprint density at radius 2 is 1.57 bits per heavy atom. The lowest BCUT2D eigenvalue weighted by atomic mass is 9.76. The molecule has 1 unspecified atom stereocenters. The molecule has 0 aliphatic carbocycles. The molecule has 5 aliphatic rings. The number of nitrogens with zero attached hydrogens (tertiary/aromatic N) is 7. The average molecular weight is 843 g/mol. The molecule has 13 nitrogen and oxygen atoms in total. The van der Waals surface area contributed by atoms with Crippen LogP contribution in [-0.4, -0.2) is 123 Å². The van der Waals surface area contributed by atoms with E-state index < -0.39 is 17.4 Å². The van der Waals surface area contributed by atoms with Crippen molar-refractivity contribution in [3.05, 3.63) is 87.7 Å². The van der Waals surface area contributed by atoms with E-state index in [2.05, 4.69) is 32.0 Å². The molecule has 3 aromatic rings. The second kappa shape index (κ2) is 19.0. The number of anilines is 2. The number of amides is 2. The normalized spacial score (nSPS) is 21.4. The van der Waals surface area contributed by atoms with Crippen LogP contribution in [0.5, 0.6) is 0 Å². The predicted octanol–water partition coefficient (Wildman–Crippen LogP) is 5.21. The number of nitriles is 1.